The zero-order chi connectivity index (χ0) is 12.7. The summed E-state index contributed by atoms with van der Waals surface area (Å²) in [7, 11) is 0. The highest BCUT2D eigenvalue weighted by Gasteiger charge is 2.11. The fourth-order valence-electron chi connectivity index (χ4n) is 1.78. The fourth-order valence-corrected chi connectivity index (χ4v) is 2.32. The molecule has 0 aliphatic carbocycles. The number of nitrogens with one attached hydrogen (secondary N) is 2. The van der Waals surface area contributed by atoms with Crippen molar-refractivity contribution in [1.29, 1.82) is 0 Å². The van der Waals surface area contributed by atoms with Crippen LogP contribution in [-0.2, 0) is 6.54 Å². The number of aromatic nitrogens is 3. The minimum Gasteiger partial charge on any atom is -0.408 e. The van der Waals surface area contributed by atoms with E-state index in [1.54, 1.807) is 12.1 Å². The van der Waals surface area contributed by atoms with Gasteiger partial charge in [-0.1, -0.05) is 6.07 Å². The Bertz CT molecular complexity index is 771. The Balaban J connectivity index is 2.18. The molecular formula is C11H9BrN4O2. The van der Waals surface area contributed by atoms with E-state index in [4.69, 9.17) is 10.2 Å². The zero-order valence-corrected chi connectivity index (χ0v) is 10.7. The molecule has 0 aliphatic heterocycles. The number of nitrogens with zero attached hydrogens (tertiary/aromatic N) is 1. The van der Waals surface area contributed by atoms with Crippen molar-refractivity contribution in [3.8, 4) is 11.3 Å². The van der Waals surface area contributed by atoms with E-state index in [2.05, 4.69) is 30.9 Å². The lowest BCUT2D eigenvalue weighted by Crippen LogP contribution is -1.97. The lowest BCUT2D eigenvalue weighted by Gasteiger charge is -1.96. The van der Waals surface area contributed by atoms with Crippen LogP contribution >= 0.6 is 15.9 Å². The smallest absolute Gasteiger partial charge is 0.408 e. The Labute approximate surface area is 109 Å². The summed E-state index contributed by atoms with van der Waals surface area (Å²) in [6, 6.07) is 5.39. The molecule has 4 N–H and O–H groups in total. The average Bonchev–Trinajstić information content (AvgIpc) is 2.89. The monoisotopic (exact) mass is 308 g/mol. The van der Waals surface area contributed by atoms with Crippen molar-refractivity contribution in [1.82, 2.24) is 15.0 Å². The molecular weight excluding hydrogens is 300 g/mol. The van der Waals surface area contributed by atoms with Crippen molar-refractivity contribution in [3.05, 3.63) is 39.2 Å². The number of oxazole rings is 1. The third-order valence-electron chi connectivity index (χ3n) is 2.60. The lowest BCUT2D eigenvalue weighted by molar-refractivity contribution is 0.555. The maximum absolute atomic E-state index is 11.1. The molecule has 0 atom stereocenters. The van der Waals surface area contributed by atoms with Gasteiger partial charge in [0.1, 0.15) is 16.1 Å². The highest BCUT2D eigenvalue weighted by molar-refractivity contribution is 9.10. The molecule has 92 valence electrons. The van der Waals surface area contributed by atoms with Crippen LogP contribution in [-0.4, -0.2) is 15.0 Å². The van der Waals surface area contributed by atoms with E-state index in [9.17, 15) is 4.79 Å². The Kier molecular flexibility index (Phi) is 2.57. The molecule has 2 heterocycles. The summed E-state index contributed by atoms with van der Waals surface area (Å²) in [5.74, 6) is 0.221. The molecule has 3 aromatic rings. The number of benzene rings is 1. The van der Waals surface area contributed by atoms with Crippen LogP contribution in [0.2, 0.25) is 0 Å². The van der Waals surface area contributed by atoms with Gasteiger partial charge in [0.25, 0.3) is 0 Å². The van der Waals surface area contributed by atoms with Gasteiger partial charge in [0.05, 0.1) is 12.1 Å². The molecule has 18 heavy (non-hydrogen) atoms. The minimum atomic E-state index is -0.467. The van der Waals surface area contributed by atoms with Crippen LogP contribution in [0.5, 0.6) is 0 Å². The first kappa shape index (κ1) is 11.2. The number of aromatic amines is 2. The Morgan fingerprint density at radius 1 is 1.39 bits per heavy atom. The van der Waals surface area contributed by atoms with E-state index in [0.717, 1.165) is 15.9 Å². The van der Waals surface area contributed by atoms with Gasteiger partial charge < -0.3 is 15.1 Å². The van der Waals surface area contributed by atoms with Crippen LogP contribution < -0.4 is 11.5 Å². The van der Waals surface area contributed by atoms with Crippen molar-refractivity contribution in [2.75, 3.05) is 0 Å². The molecule has 2 aromatic heterocycles. The Morgan fingerprint density at radius 3 is 2.94 bits per heavy atom. The number of nitrogens with two attached hydrogens (primary N) is 1. The second-order valence-corrected chi connectivity index (χ2v) is 4.57. The summed E-state index contributed by atoms with van der Waals surface area (Å²) in [4.78, 5) is 21.1. The second-order valence-electron chi connectivity index (χ2n) is 3.78. The van der Waals surface area contributed by atoms with Crippen molar-refractivity contribution < 1.29 is 4.42 Å². The lowest BCUT2D eigenvalue weighted by atomic mass is 10.1. The first-order valence-corrected chi connectivity index (χ1v) is 6.04. The van der Waals surface area contributed by atoms with Gasteiger partial charge in [0.2, 0.25) is 0 Å². The number of hydrogen-bond donors (Lipinski definition) is 3. The summed E-state index contributed by atoms with van der Waals surface area (Å²) in [5, 5.41) is 0. The fraction of sp³-hybridized carbons (Fsp3) is 0.0909. The van der Waals surface area contributed by atoms with Crippen LogP contribution in [0, 0.1) is 0 Å². The largest absolute Gasteiger partial charge is 0.417 e. The van der Waals surface area contributed by atoms with Crippen molar-refractivity contribution >= 4 is 27.0 Å². The van der Waals surface area contributed by atoms with Crippen LogP contribution in [0.25, 0.3) is 22.4 Å². The predicted molar refractivity (Wildman–Crippen MR) is 70.0 cm³/mol. The first-order chi connectivity index (χ1) is 8.67. The topological polar surface area (TPSA) is 101 Å². The molecule has 0 saturated heterocycles. The molecule has 0 spiro atoms. The molecule has 1 aromatic carbocycles. The first-order valence-electron chi connectivity index (χ1n) is 5.25. The van der Waals surface area contributed by atoms with Crippen molar-refractivity contribution in [3.63, 3.8) is 0 Å². The molecule has 0 bridgehead atoms. The summed E-state index contributed by atoms with van der Waals surface area (Å²) in [5.41, 5.74) is 8.27. The van der Waals surface area contributed by atoms with E-state index >= 15 is 0 Å². The Morgan fingerprint density at radius 2 is 2.22 bits per heavy atom. The van der Waals surface area contributed by atoms with Gasteiger partial charge in [0, 0.05) is 5.56 Å². The number of fused-ring (bicyclic) bond motifs is 1. The average molecular weight is 309 g/mol. The molecule has 0 amide bonds. The molecule has 0 radical (unpaired) electrons. The quantitative estimate of drug-likeness (QED) is 0.671. The number of rotatable bonds is 2. The highest BCUT2D eigenvalue weighted by atomic mass is 79.9. The SMILES string of the molecule is NCc1nc(-c2ccc3[nH]c(=O)oc3c2)c(Br)[nH]1. The van der Waals surface area contributed by atoms with Gasteiger partial charge in [0.15, 0.2) is 5.58 Å². The second kappa shape index (κ2) is 4.11. The number of halogens is 1. The van der Waals surface area contributed by atoms with E-state index in [0.29, 0.717) is 23.5 Å². The van der Waals surface area contributed by atoms with Crippen LogP contribution in [0.3, 0.4) is 0 Å². The van der Waals surface area contributed by atoms with E-state index in [-0.39, 0.29) is 0 Å². The van der Waals surface area contributed by atoms with Crippen LogP contribution in [0.15, 0.2) is 32.0 Å². The number of imidazole rings is 1. The third-order valence-corrected chi connectivity index (χ3v) is 3.17. The number of H-pyrrole nitrogens is 2. The summed E-state index contributed by atoms with van der Waals surface area (Å²) in [6.45, 7) is 0.333. The Hall–Kier alpha value is -1.86. The normalized spacial score (nSPS) is 11.2. The van der Waals surface area contributed by atoms with Gasteiger partial charge >= 0.3 is 5.76 Å². The van der Waals surface area contributed by atoms with Gasteiger partial charge in [-0.15, -0.1) is 0 Å². The van der Waals surface area contributed by atoms with Gasteiger partial charge in [-0.05, 0) is 28.1 Å². The molecule has 0 fully saturated rings. The van der Waals surface area contributed by atoms with Crippen LogP contribution in [0.4, 0.5) is 0 Å². The standard InChI is InChI=1S/C11H9BrN4O2/c12-10-9(15-8(4-13)16-10)5-1-2-6-7(3-5)18-11(17)14-6/h1-3H,4,13H2,(H,14,17)(H,15,16). The van der Waals surface area contributed by atoms with Gasteiger partial charge in [-0.25, -0.2) is 9.78 Å². The number of hydrogen-bond acceptors (Lipinski definition) is 4. The maximum Gasteiger partial charge on any atom is 0.417 e. The zero-order valence-electron chi connectivity index (χ0n) is 9.16. The third kappa shape index (κ3) is 1.77. The summed E-state index contributed by atoms with van der Waals surface area (Å²) >= 11 is 3.39. The van der Waals surface area contributed by atoms with Crippen molar-refractivity contribution in [2.24, 2.45) is 5.73 Å². The van der Waals surface area contributed by atoms with E-state index < -0.39 is 5.76 Å². The molecule has 0 saturated carbocycles. The molecule has 6 nitrogen and oxygen atoms in total. The molecule has 3 rings (SSSR count). The van der Waals surface area contributed by atoms with Gasteiger partial charge in [-0.3, -0.25) is 4.98 Å². The van der Waals surface area contributed by atoms with Crippen LogP contribution in [0.1, 0.15) is 5.82 Å². The molecule has 7 heteroatoms. The van der Waals surface area contributed by atoms with Gasteiger partial charge in [-0.2, -0.15) is 0 Å². The maximum atomic E-state index is 11.1. The molecule has 0 aliphatic rings. The predicted octanol–water partition coefficient (Wildman–Crippen LogP) is 1.73. The van der Waals surface area contributed by atoms with E-state index in [1.165, 1.54) is 0 Å². The highest BCUT2D eigenvalue weighted by Crippen LogP contribution is 2.27. The summed E-state index contributed by atoms with van der Waals surface area (Å²) < 4.78 is 5.76. The van der Waals surface area contributed by atoms with E-state index in [1.807, 2.05) is 6.07 Å². The minimum absolute atomic E-state index is 0.333. The summed E-state index contributed by atoms with van der Waals surface area (Å²) in [6.07, 6.45) is 0. The van der Waals surface area contributed by atoms with Crippen molar-refractivity contribution in [2.45, 2.75) is 6.54 Å². The molecule has 0 unspecified atom stereocenters.